The molecule has 1 fully saturated rings. The number of rotatable bonds is 10. The van der Waals surface area contributed by atoms with Gasteiger partial charge in [0.1, 0.15) is 0 Å². The lowest BCUT2D eigenvalue weighted by Gasteiger charge is -2.54. The van der Waals surface area contributed by atoms with Gasteiger partial charge < -0.3 is 9.71 Å². The van der Waals surface area contributed by atoms with Crippen molar-refractivity contribution >= 4 is 72.0 Å². The number of unbranched alkanes of at least 4 members (excludes halogenated alkanes) is 3. The Labute approximate surface area is 380 Å². The largest absolute Gasteiger partial charge is 0.376 e. The van der Waals surface area contributed by atoms with Crippen LogP contribution in [0, 0.1) is 0 Å². The van der Waals surface area contributed by atoms with Crippen molar-refractivity contribution in [3.05, 3.63) is 130 Å². The van der Waals surface area contributed by atoms with E-state index in [4.69, 9.17) is 0 Å². The summed E-state index contributed by atoms with van der Waals surface area (Å²) in [5, 5.41) is 2.82. The Kier molecular flexibility index (Phi) is 9.06. The van der Waals surface area contributed by atoms with Crippen LogP contribution in [-0.2, 0) is 30.1 Å². The zero-order chi connectivity index (χ0) is 43.0. The molecule has 2 atom stereocenters. The number of anilines is 4. The molecule has 6 aromatic carbocycles. The number of hydrogen-bond donors (Lipinski definition) is 0. The van der Waals surface area contributed by atoms with Gasteiger partial charge in [0.15, 0.2) is 0 Å². The fraction of sp³-hybridized carbons (Fsp3) is 0.390. The number of nitrogens with zero attached hydrogens (tertiary/aromatic N) is 2. The van der Waals surface area contributed by atoms with E-state index in [9.17, 15) is 0 Å². The molecule has 0 radical (unpaired) electrons. The number of aryl methyl sites for hydroxylation is 3. The minimum atomic E-state index is -0.154. The van der Waals surface area contributed by atoms with Crippen LogP contribution in [0.5, 0.6) is 0 Å². The third kappa shape index (κ3) is 5.37. The van der Waals surface area contributed by atoms with Gasteiger partial charge in [0.25, 0.3) is 0 Å². The fourth-order valence-corrected chi connectivity index (χ4v) is 14.8. The maximum absolute atomic E-state index is 3.01. The Morgan fingerprint density at radius 3 is 2.08 bits per heavy atom. The molecule has 0 bridgehead atoms. The van der Waals surface area contributed by atoms with E-state index in [1.807, 2.05) is 11.3 Å². The normalized spacial score (nSPS) is 20.8. The Balaban J connectivity index is 1.25. The van der Waals surface area contributed by atoms with E-state index in [1.54, 1.807) is 5.56 Å². The van der Waals surface area contributed by atoms with Crippen LogP contribution < -0.4 is 20.6 Å². The van der Waals surface area contributed by atoms with Crippen LogP contribution in [-0.4, -0.2) is 12.4 Å². The lowest BCUT2D eigenvalue weighted by atomic mass is 9.42. The van der Waals surface area contributed by atoms with Crippen molar-refractivity contribution in [1.29, 1.82) is 0 Å². The number of fused-ring (bicyclic) bond motifs is 15. The van der Waals surface area contributed by atoms with Gasteiger partial charge in [0.05, 0.1) is 5.54 Å². The van der Waals surface area contributed by atoms with Crippen molar-refractivity contribution in [2.24, 2.45) is 0 Å². The van der Waals surface area contributed by atoms with Crippen LogP contribution in [0.25, 0.3) is 42.4 Å². The molecule has 3 aliphatic heterocycles. The van der Waals surface area contributed by atoms with Gasteiger partial charge in [0, 0.05) is 59.3 Å². The predicted octanol–water partition coefficient (Wildman–Crippen LogP) is 15.4. The molecule has 2 nitrogen and oxygen atoms in total. The average molecular weight is 843 g/mol. The summed E-state index contributed by atoms with van der Waals surface area (Å²) >= 11 is 2.00. The summed E-state index contributed by atoms with van der Waals surface area (Å²) in [6, 6.07) is 39.8. The second kappa shape index (κ2) is 14.4. The van der Waals surface area contributed by atoms with Crippen molar-refractivity contribution in [2.45, 2.75) is 148 Å². The smallest absolute Gasteiger partial charge is 0.333 e. The summed E-state index contributed by atoms with van der Waals surface area (Å²) in [5.41, 5.74) is 23.4. The van der Waals surface area contributed by atoms with E-state index in [1.165, 1.54) is 168 Å². The van der Waals surface area contributed by atoms with E-state index < -0.39 is 0 Å². The first kappa shape index (κ1) is 39.8. The van der Waals surface area contributed by atoms with Crippen LogP contribution >= 0.6 is 11.3 Å². The van der Waals surface area contributed by atoms with Crippen LogP contribution in [0.15, 0.2) is 97.1 Å². The molecular formula is C59H63BN2S. The van der Waals surface area contributed by atoms with Gasteiger partial charge in [-0.1, -0.05) is 140 Å². The van der Waals surface area contributed by atoms with Gasteiger partial charge in [-0.3, -0.25) is 0 Å². The minimum absolute atomic E-state index is 0.0251. The highest BCUT2D eigenvalue weighted by atomic mass is 32.1. The van der Waals surface area contributed by atoms with Crippen molar-refractivity contribution in [3.63, 3.8) is 0 Å². The second-order valence-electron chi connectivity index (χ2n) is 21.0. The van der Waals surface area contributed by atoms with E-state index in [-0.39, 0.29) is 23.2 Å². The summed E-state index contributed by atoms with van der Waals surface area (Å²) in [6.07, 6.45) is 15.7. The van der Waals surface area contributed by atoms with E-state index >= 15 is 0 Å². The molecule has 4 heterocycles. The first-order valence-electron chi connectivity index (χ1n) is 24.8. The molecule has 4 heteroatoms. The fourth-order valence-electron chi connectivity index (χ4n) is 13.6. The summed E-state index contributed by atoms with van der Waals surface area (Å²) in [6.45, 7) is 17.4. The average Bonchev–Trinajstić information content (AvgIpc) is 3.86. The van der Waals surface area contributed by atoms with Crippen molar-refractivity contribution in [3.8, 4) is 22.3 Å². The van der Waals surface area contributed by atoms with Crippen molar-refractivity contribution in [2.75, 3.05) is 9.71 Å². The minimum Gasteiger partial charge on any atom is -0.376 e. The molecule has 63 heavy (non-hydrogen) atoms. The lowest BCUT2D eigenvalue weighted by Crippen LogP contribution is -2.65. The SMILES string of the molecule is CCCCc1ccc(N2B3c4cc(CCCC)cc5c4N(c4c3c(cc3c4C(C)(C)c4ccccc4-3)-c3ccc4sc6cc(CCCC)ccc6c4c32)C2(C)CCCCC52C)cc1. The van der Waals surface area contributed by atoms with Gasteiger partial charge >= 0.3 is 6.85 Å². The van der Waals surface area contributed by atoms with Gasteiger partial charge in [-0.2, -0.15) is 0 Å². The number of thiophene rings is 1. The molecule has 0 spiro atoms. The molecule has 5 aliphatic rings. The highest BCUT2D eigenvalue weighted by Crippen LogP contribution is 2.66. The molecule has 0 saturated heterocycles. The molecule has 318 valence electrons. The first-order valence-corrected chi connectivity index (χ1v) is 25.6. The third-order valence-corrected chi connectivity index (χ3v) is 18.2. The molecule has 7 aromatic rings. The zero-order valence-corrected chi connectivity index (χ0v) is 39.6. The molecule has 1 aromatic heterocycles. The summed E-state index contributed by atoms with van der Waals surface area (Å²) in [5.74, 6) is 0. The van der Waals surface area contributed by atoms with Crippen LogP contribution in [0.1, 0.15) is 146 Å². The summed E-state index contributed by atoms with van der Waals surface area (Å²) in [7, 11) is 0. The van der Waals surface area contributed by atoms with Crippen LogP contribution in [0.4, 0.5) is 22.7 Å². The van der Waals surface area contributed by atoms with Gasteiger partial charge in [-0.25, -0.2) is 0 Å². The quantitative estimate of drug-likeness (QED) is 0.127. The summed E-state index contributed by atoms with van der Waals surface area (Å²) in [4.78, 5) is 5.88. The number of benzene rings is 6. The third-order valence-electron chi connectivity index (χ3n) is 17.1. The van der Waals surface area contributed by atoms with Crippen molar-refractivity contribution < 1.29 is 0 Å². The predicted molar refractivity (Wildman–Crippen MR) is 275 cm³/mol. The zero-order valence-electron chi connectivity index (χ0n) is 38.8. The van der Waals surface area contributed by atoms with Crippen LogP contribution in [0.2, 0.25) is 0 Å². The number of hydrogen-bond acceptors (Lipinski definition) is 3. The summed E-state index contributed by atoms with van der Waals surface area (Å²) < 4.78 is 2.81. The highest BCUT2D eigenvalue weighted by Gasteiger charge is 2.63. The second-order valence-corrected chi connectivity index (χ2v) is 22.1. The molecule has 2 aliphatic carbocycles. The Morgan fingerprint density at radius 1 is 0.587 bits per heavy atom. The van der Waals surface area contributed by atoms with Gasteiger partial charge in [-0.15, -0.1) is 11.3 Å². The molecule has 2 unspecified atom stereocenters. The molecule has 1 saturated carbocycles. The standard InChI is InChI=1S/C59H63BN2S/c1-8-11-18-37-23-26-40(27-24-37)62-54-42(29-30-49-51(54)43-28-25-38(19-12-9-2)35-50(43)63-49)45-36-44-41-21-14-15-22-46(41)57(4,5)52(44)56-53(45)60(62)48-34-39(20-13-10-3)33-47-55(48)61(56)59(7)32-17-16-31-58(47,59)6/h14-15,21-30,33-36H,8-13,16-20,31-32H2,1-7H3. The van der Waals surface area contributed by atoms with Crippen molar-refractivity contribution in [1.82, 2.24) is 0 Å². The highest BCUT2D eigenvalue weighted by molar-refractivity contribution is 7.26. The van der Waals surface area contributed by atoms with Gasteiger partial charge in [-0.05, 0) is 150 Å². The van der Waals surface area contributed by atoms with Gasteiger partial charge in [0.2, 0.25) is 0 Å². The lowest BCUT2D eigenvalue weighted by molar-refractivity contribution is 0.194. The Hall–Kier alpha value is -4.80. The van der Waals surface area contributed by atoms with E-state index in [0.29, 0.717) is 0 Å². The molecular weight excluding hydrogens is 780 g/mol. The maximum atomic E-state index is 3.01. The first-order chi connectivity index (χ1) is 30.6. The van der Waals surface area contributed by atoms with Crippen LogP contribution in [0.3, 0.4) is 0 Å². The Bertz CT molecular complexity index is 3010. The topological polar surface area (TPSA) is 6.48 Å². The molecule has 0 amide bonds. The Morgan fingerprint density at radius 2 is 1.30 bits per heavy atom. The maximum Gasteiger partial charge on any atom is 0.333 e. The monoisotopic (exact) mass is 842 g/mol. The molecule has 0 N–H and O–H groups in total. The van der Waals surface area contributed by atoms with E-state index in [0.717, 1.165) is 19.3 Å². The molecule has 12 rings (SSSR count). The van der Waals surface area contributed by atoms with E-state index in [2.05, 4.69) is 155 Å².